The van der Waals surface area contributed by atoms with E-state index in [4.69, 9.17) is 4.74 Å². The summed E-state index contributed by atoms with van der Waals surface area (Å²) in [6.07, 6.45) is 5.63. The third kappa shape index (κ3) is 2.32. The number of rotatable bonds is 3. The lowest BCUT2D eigenvalue weighted by atomic mass is 9.85. The fourth-order valence-corrected chi connectivity index (χ4v) is 3.12. The number of benzene rings is 2. The van der Waals surface area contributed by atoms with Crippen molar-refractivity contribution in [2.75, 3.05) is 0 Å². The molecule has 1 aliphatic heterocycles. The SMILES string of the molecule is Cl.c1ccc(C2(Cn3ccnc3)OCc3ccccc32)cc1. The maximum absolute atomic E-state index is 6.32. The second-order valence-corrected chi connectivity index (χ2v) is 5.37. The van der Waals surface area contributed by atoms with Gasteiger partial charge in [0.1, 0.15) is 5.60 Å². The van der Waals surface area contributed by atoms with Gasteiger partial charge in [0.15, 0.2) is 0 Å². The van der Waals surface area contributed by atoms with Crippen molar-refractivity contribution in [1.29, 1.82) is 0 Å². The lowest BCUT2D eigenvalue weighted by Crippen LogP contribution is -2.32. The lowest BCUT2D eigenvalue weighted by Gasteiger charge is -2.30. The third-order valence-electron chi connectivity index (χ3n) is 4.13. The Balaban J connectivity index is 0.00000144. The minimum atomic E-state index is -0.432. The molecule has 1 unspecified atom stereocenters. The van der Waals surface area contributed by atoms with Crippen LogP contribution in [-0.2, 0) is 23.5 Å². The molecule has 1 aromatic heterocycles. The maximum atomic E-state index is 6.32. The molecule has 0 radical (unpaired) electrons. The Morgan fingerprint density at radius 3 is 2.59 bits per heavy atom. The van der Waals surface area contributed by atoms with Crippen molar-refractivity contribution in [3.05, 3.63) is 90.0 Å². The summed E-state index contributed by atoms with van der Waals surface area (Å²) in [6.45, 7) is 1.38. The summed E-state index contributed by atoms with van der Waals surface area (Å²) in [6, 6.07) is 18.9. The molecule has 0 saturated heterocycles. The molecule has 0 spiro atoms. The van der Waals surface area contributed by atoms with E-state index in [0.717, 1.165) is 6.54 Å². The summed E-state index contributed by atoms with van der Waals surface area (Å²) in [7, 11) is 0. The maximum Gasteiger partial charge on any atom is 0.137 e. The highest BCUT2D eigenvalue weighted by molar-refractivity contribution is 5.85. The summed E-state index contributed by atoms with van der Waals surface area (Å²) in [5.41, 5.74) is 3.27. The third-order valence-corrected chi connectivity index (χ3v) is 4.13. The van der Waals surface area contributed by atoms with E-state index >= 15 is 0 Å². The van der Waals surface area contributed by atoms with Crippen LogP contribution in [0.1, 0.15) is 16.7 Å². The molecule has 22 heavy (non-hydrogen) atoms. The van der Waals surface area contributed by atoms with Gasteiger partial charge in [0, 0.05) is 12.4 Å². The zero-order valence-electron chi connectivity index (χ0n) is 12.1. The summed E-state index contributed by atoms with van der Waals surface area (Å²) in [5, 5.41) is 0. The monoisotopic (exact) mass is 312 g/mol. The largest absolute Gasteiger partial charge is 0.359 e. The minimum Gasteiger partial charge on any atom is -0.359 e. The van der Waals surface area contributed by atoms with Gasteiger partial charge in [-0.1, -0.05) is 54.6 Å². The van der Waals surface area contributed by atoms with Crippen LogP contribution in [0.3, 0.4) is 0 Å². The second-order valence-electron chi connectivity index (χ2n) is 5.37. The average Bonchev–Trinajstić information content (AvgIpc) is 3.18. The van der Waals surface area contributed by atoms with Crippen LogP contribution in [-0.4, -0.2) is 9.55 Å². The first kappa shape index (κ1) is 14.8. The number of hydrogen-bond acceptors (Lipinski definition) is 2. The molecule has 0 saturated carbocycles. The first-order valence-corrected chi connectivity index (χ1v) is 7.12. The van der Waals surface area contributed by atoms with Crippen molar-refractivity contribution in [2.24, 2.45) is 0 Å². The smallest absolute Gasteiger partial charge is 0.137 e. The van der Waals surface area contributed by atoms with E-state index in [2.05, 4.69) is 58.1 Å². The number of halogens is 1. The topological polar surface area (TPSA) is 27.1 Å². The van der Waals surface area contributed by atoms with Crippen LogP contribution < -0.4 is 0 Å². The van der Waals surface area contributed by atoms with Crippen LogP contribution in [0.2, 0.25) is 0 Å². The van der Waals surface area contributed by atoms with Crippen molar-refractivity contribution in [3.8, 4) is 0 Å². The quantitative estimate of drug-likeness (QED) is 0.736. The molecule has 4 heteroatoms. The van der Waals surface area contributed by atoms with Gasteiger partial charge < -0.3 is 9.30 Å². The number of ether oxygens (including phenoxy) is 1. The van der Waals surface area contributed by atoms with Gasteiger partial charge in [0.25, 0.3) is 0 Å². The molecule has 1 aliphatic rings. The Bertz CT molecular complexity index is 743. The summed E-state index contributed by atoms with van der Waals surface area (Å²) in [4.78, 5) is 4.15. The zero-order valence-corrected chi connectivity index (χ0v) is 12.9. The van der Waals surface area contributed by atoms with E-state index in [9.17, 15) is 0 Å². The molecule has 0 N–H and O–H groups in total. The summed E-state index contributed by atoms with van der Waals surface area (Å²) >= 11 is 0. The number of fused-ring (bicyclic) bond motifs is 1. The number of aromatic nitrogens is 2. The van der Waals surface area contributed by atoms with Crippen LogP contribution in [0, 0.1) is 0 Å². The molecule has 2 heterocycles. The van der Waals surface area contributed by atoms with Crippen LogP contribution in [0.4, 0.5) is 0 Å². The van der Waals surface area contributed by atoms with Crippen LogP contribution in [0.15, 0.2) is 73.3 Å². The first-order chi connectivity index (χ1) is 10.4. The Morgan fingerprint density at radius 1 is 1.05 bits per heavy atom. The van der Waals surface area contributed by atoms with E-state index in [-0.39, 0.29) is 12.4 Å². The van der Waals surface area contributed by atoms with Gasteiger partial charge in [0.05, 0.1) is 19.5 Å². The predicted octanol–water partition coefficient (Wildman–Crippen LogP) is 3.78. The second kappa shape index (κ2) is 5.95. The normalized spacial score (nSPS) is 19.5. The van der Waals surface area contributed by atoms with Crippen molar-refractivity contribution < 1.29 is 4.74 Å². The number of hydrogen-bond donors (Lipinski definition) is 0. The Kier molecular flexibility index (Phi) is 4.01. The van der Waals surface area contributed by atoms with E-state index < -0.39 is 5.60 Å². The molecule has 0 fully saturated rings. The summed E-state index contributed by atoms with van der Waals surface area (Å²) < 4.78 is 8.40. The molecule has 2 aromatic carbocycles. The average molecular weight is 313 g/mol. The first-order valence-electron chi connectivity index (χ1n) is 7.12. The van der Waals surface area contributed by atoms with Crippen molar-refractivity contribution in [1.82, 2.24) is 9.55 Å². The molecule has 112 valence electrons. The fourth-order valence-electron chi connectivity index (χ4n) is 3.12. The van der Waals surface area contributed by atoms with Gasteiger partial charge in [0.2, 0.25) is 0 Å². The molecule has 1 atom stereocenters. The molecule has 0 aliphatic carbocycles. The van der Waals surface area contributed by atoms with Gasteiger partial charge in [-0.25, -0.2) is 4.98 Å². The molecular weight excluding hydrogens is 296 g/mol. The van der Waals surface area contributed by atoms with Crippen molar-refractivity contribution in [2.45, 2.75) is 18.8 Å². The highest BCUT2D eigenvalue weighted by Gasteiger charge is 2.41. The molecule has 0 amide bonds. The fraction of sp³-hybridized carbons (Fsp3) is 0.167. The summed E-state index contributed by atoms with van der Waals surface area (Å²) in [5.74, 6) is 0. The van der Waals surface area contributed by atoms with Crippen LogP contribution in [0.5, 0.6) is 0 Å². The highest BCUT2D eigenvalue weighted by atomic mass is 35.5. The lowest BCUT2D eigenvalue weighted by molar-refractivity contribution is -0.0180. The Labute approximate surface area is 136 Å². The predicted molar refractivity (Wildman–Crippen MR) is 87.9 cm³/mol. The van der Waals surface area contributed by atoms with Crippen LogP contribution >= 0.6 is 12.4 Å². The molecular formula is C18H17ClN2O. The van der Waals surface area contributed by atoms with Crippen LogP contribution in [0.25, 0.3) is 0 Å². The van der Waals surface area contributed by atoms with E-state index in [1.54, 1.807) is 6.20 Å². The van der Waals surface area contributed by atoms with Gasteiger partial charge in [-0.2, -0.15) is 0 Å². The standard InChI is InChI=1S/C18H16N2O.ClH/c1-2-7-16(8-3-1)18(13-20-11-10-19-14-20)17-9-5-4-6-15(17)12-21-18;/h1-11,14H,12-13H2;1H. The number of imidazole rings is 1. The van der Waals surface area contributed by atoms with Gasteiger partial charge in [-0.05, 0) is 16.7 Å². The highest BCUT2D eigenvalue weighted by Crippen LogP contribution is 2.43. The van der Waals surface area contributed by atoms with E-state index in [1.807, 2.05) is 18.6 Å². The van der Waals surface area contributed by atoms with Crippen molar-refractivity contribution >= 4 is 12.4 Å². The Hall–Kier alpha value is -2.10. The van der Waals surface area contributed by atoms with Gasteiger partial charge in [-0.3, -0.25) is 0 Å². The van der Waals surface area contributed by atoms with Crippen molar-refractivity contribution in [3.63, 3.8) is 0 Å². The van der Waals surface area contributed by atoms with Gasteiger partial charge in [-0.15, -0.1) is 12.4 Å². The number of nitrogens with zero attached hydrogens (tertiary/aromatic N) is 2. The molecule has 0 bridgehead atoms. The zero-order chi connectivity index (χ0) is 14.1. The minimum absolute atomic E-state index is 0. The molecule has 4 rings (SSSR count). The van der Waals surface area contributed by atoms with Gasteiger partial charge >= 0.3 is 0 Å². The Morgan fingerprint density at radius 2 is 1.82 bits per heavy atom. The van der Waals surface area contributed by atoms with E-state index in [1.165, 1.54) is 16.7 Å². The molecule has 3 aromatic rings. The van der Waals surface area contributed by atoms with E-state index in [0.29, 0.717) is 6.61 Å². The molecule has 3 nitrogen and oxygen atoms in total.